The monoisotopic (exact) mass is 350 g/mol. The highest BCUT2D eigenvalue weighted by atomic mass is 16.6. The molecule has 8 nitrogen and oxygen atoms in total. The fourth-order valence-corrected chi connectivity index (χ4v) is 2.14. The summed E-state index contributed by atoms with van der Waals surface area (Å²) in [7, 11) is 0. The number of hydrogen-bond donors (Lipinski definition) is 2. The Morgan fingerprint density at radius 1 is 1.04 bits per heavy atom. The van der Waals surface area contributed by atoms with Gasteiger partial charge in [0.1, 0.15) is 12.4 Å². The van der Waals surface area contributed by atoms with Gasteiger partial charge in [0.2, 0.25) is 0 Å². The molecule has 1 aromatic heterocycles. The van der Waals surface area contributed by atoms with Gasteiger partial charge in [-0.1, -0.05) is 30.3 Å². The van der Waals surface area contributed by atoms with Crippen molar-refractivity contribution in [2.24, 2.45) is 15.9 Å². The predicted octanol–water partition coefficient (Wildman–Crippen LogP) is 2.36. The van der Waals surface area contributed by atoms with E-state index in [-0.39, 0.29) is 17.3 Å². The summed E-state index contributed by atoms with van der Waals surface area (Å²) in [5, 5.41) is 15.0. The SMILES string of the molecule is CC(=NN=C(N)c1nonc1N)c1ccc(OCc2ccccc2)cc1. The van der Waals surface area contributed by atoms with Gasteiger partial charge in [-0.15, -0.1) is 5.10 Å². The molecule has 0 unspecified atom stereocenters. The van der Waals surface area contributed by atoms with E-state index in [2.05, 4.69) is 25.1 Å². The van der Waals surface area contributed by atoms with Crippen LogP contribution in [-0.4, -0.2) is 21.9 Å². The van der Waals surface area contributed by atoms with Crippen LogP contribution in [0.2, 0.25) is 0 Å². The van der Waals surface area contributed by atoms with Crippen LogP contribution in [0.3, 0.4) is 0 Å². The maximum absolute atomic E-state index is 5.77. The van der Waals surface area contributed by atoms with Crippen LogP contribution in [0.4, 0.5) is 5.82 Å². The lowest BCUT2D eigenvalue weighted by Gasteiger charge is -2.07. The molecule has 2 aromatic carbocycles. The lowest BCUT2D eigenvalue weighted by molar-refractivity contribution is 0.306. The first-order chi connectivity index (χ1) is 12.6. The molecule has 0 aliphatic heterocycles. The number of nitrogens with zero attached hydrogens (tertiary/aromatic N) is 4. The van der Waals surface area contributed by atoms with Crippen molar-refractivity contribution >= 4 is 17.4 Å². The minimum atomic E-state index is 0.0333. The quantitative estimate of drug-likeness (QED) is 0.399. The normalized spacial score (nSPS) is 12.2. The Hall–Kier alpha value is -3.68. The highest BCUT2D eigenvalue weighted by Gasteiger charge is 2.10. The Bertz CT molecular complexity index is 916. The third kappa shape index (κ3) is 4.23. The number of aromatic nitrogens is 2. The van der Waals surface area contributed by atoms with Crippen LogP contribution in [0.1, 0.15) is 23.7 Å². The number of nitrogens with two attached hydrogens (primary N) is 2. The lowest BCUT2D eigenvalue weighted by atomic mass is 10.1. The van der Waals surface area contributed by atoms with Gasteiger partial charge < -0.3 is 16.2 Å². The van der Waals surface area contributed by atoms with Crippen molar-refractivity contribution in [1.29, 1.82) is 0 Å². The Kier molecular flexibility index (Phi) is 5.23. The van der Waals surface area contributed by atoms with Crippen LogP contribution in [0, 0.1) is 0 Å². The number of amidine groups is 1. The maximum atomic E-state index is 5.77. The molecule has 0 fully saturated rings. The predicted molar refractivity (Wildman–Crippen MR) is 98.9 cm³/mol. The average molecular weight is 350 g/mol. The van der Waals surface area contributed by atoms with Gasteiger partial charge in [0.25, 0.3) is 0 Å². The summed E-state index contributed by atoms with van der Waals surface area (Å²) >= 11 is 0. The lowest BCUT2D eigenvalue weighted by Crippen LogP contribution is -2.15. The minimum absolute atomic E-state index is 0.0333. The maximum Gasteiger partial charge on any atom is 0.199 e. The summed E-state index contributed by atoms with van der Waals surface area (Å²) in [6.45, 7) is 2.34. The molecule has 0 radical (unpaired) electrons. The van der Waals surface area contributed by atoms with Gasteiger partial charge in [-0.2, -0.15) is 5.10 Å². The number of rotatable bonds is 6. The molecule has 0 spiro atoms. The minimum Gasteiger partial charge on any atom is -0.489 e. The summed E-state index contributed by atoms with van der Waals surface area (Å²) in [6.07, 6.45) is 0. The van der Waals surface area contributed by atoms with E-state index in [9.17, 15) is 0 Å². The Morgan fingerprint density at radius 3 is 2.42 bits per heavy atom. The average Bonchev–Trinajstić information content (AvgIpc) is 3.11. The second-order valence-electron chi connectivity index (χ2n) is 5.47. The Labute approximate surface area is 150 Å². The molecule has 26 heavy (non-hydrogen) atoms. The second kappa shape index (κ2) is 7.93. The topological polar surface area (TPSA) is 125 Å². The molecule has 0 bridgehead atoms. The van der Waals surface area contributed by atoms with Crippen LogP contribution in [0.15, 0.2) is 69.4 Å². The Balaban J connectivity index is 1.65. The first kappa shape index (κ1) is 17.2. The summed E-state index contributed by atoms with van der Waals surface area (Å²) < 4.78 is 10.2. The van der Waals surface area contributed by atoms with Gasteiger partial charge in [0.05, 0.1) is 5.71 Å². The zero-order valence-corrected chi connectivity index (χ0v) is 14.2. The largest absolute Gasteiger partial charge is 0.489 e. The first-order valence-electron chi connectivity index (χ1n) is 7.87. The van der Waals surface area contributed by atoms with E-state index < -0.39 is 0 Å². The van der Waals surface area contributed by atoms with Crippen molar-refractivity contribution in [2.45, 2.75) is 13.5 Å². The zero-order chi connectivity index (χ0) is 18.4. The highest BCUT2D eigenvalue weighted by Crippen LogP contribution is 2.15. The number of nitrogen functional groups attached to an aromatic ring is 1. The summed E-state index contributed by atoms with van der Waals surface area (Å²) in [5.74, 6) is 0.875. The van der Waals surface area contributed by atoms with Crippen LogP contribution in [0.5, 0.6) is 5.75 Å². The molecule has 0 saturated heterocycles. The van der Waals surface area contributed by atoms with Crippen molar-refractivity contribution < 1.29 is 9.37 Å². The standard InChI is InChI=1S/C18H18N6O2/c1-12(21-22-17(19)16-18(20)24-26-23-16)14-7-9-15(10-8-14)25-11-13-5-3-2-4-6-13/h2-10H,11H2,1H3,(H2,19,22)(H2,20,24). The molecule has 1 heterocycles. The molecule has 0 aliphatic rings. The molecule has 3 rings (SSSR count). The van der Waals surface area contributed by atoms with E-state index in [0.29, 0.717) is 12.3 Å². The van der Waals surface area contributed by atoms with E-state index in [4.69, 9.17) is 16.2 Å². The number of benzene rings is 2. The molecule has 8 heteroatoms. The van der Waals surface area contributed by atoms with Crippen LogP contribution < -0.4 is 16.2 Å². The molecule has 0 amide bonds. The molecule has 132 valence electrons. The number of anilines is 1. The van der Waals surface area contributed by atoms with Crippen molar-refractivity contribution in [1.82, 2.24) is 10.3 Å². The van der Waals surface area contributed by atoms with E-state index >= 15 is 0 Å². The number of ether oxygens (including phenoxy) is 1. The van der Waals surface area contributed by atoms with Crippen LogP contribution >= 0.6 is 0 Å². The van der Waals surface area contributed by atoms with Gasteiger partial charge in [-0.3, -0.25) is 0 Å². The van der Waals surface area contributed by atoms with E-state index in [1.165, 1.54) is 0 Å². The van der Waals surface area contributed by atoms with Crippen LogP contribution in [0.25, 0.3) is 0 Å². The van der Waals surface area contributed by atoms with Crippen molar-refractivity contribution in [3.63, 3.8) is 0 Å². The third-order valence-electron chi connectivity index (χ3n) is 3.58. The van der Waals surface area contributed by atoms with Gasteiger partial charge in [-0.25, -0.2) is 4.63 Å². The summed E-state index contributed by atoms with van der Waals surface area (Å²) in [6, 6.07) is 17.5. The fourth-order valence-electron chi connectivity index (χ4n) is 2.14. The molecule has 0 atom stereocenters. The molecule has 3 aromatic rings. The first-order valence-corrected chi connectivity index (χ1v) is 7.87. The van der Waals surface area contributed by atoms with E-state index in [1.54, 1.807) is 0 Å². The molecule has 0 aliphatic carbocycles. The van der Waals surface area contributed by atoms with E-state index in [0.717, 1.165) is 16.9 Å². The highest BCUT2D eigenvalue weighted by molar-refractivity contribution is 6.01. The smallest absolute Gasteiger partial charge is 0.199 e. The van der Waals surface area contributed by atoms with Crippen molar-refractivity contribution in [3.05, 3.63) is 71.4 Å². The molecule has 0 saturated carbocycles. The van der Waals surface area contributed by atoms with Gasteiger partial charge in [0.15, 0.2) is 17.3 Å². The fraction of sp³-hybridized carbons (Fsp3) is 0.111. The van der Waals surface area contributed by atoms with Crippen molar-refractivity contribution in [3.8, 4) is 5.75 Å². The number of hydrogen-bond acceptors (Lipinski definition) is 7. The summed E-state index contributed by atoms with van der Waals surface area (Å²) in [4.78, 5) is 0. The van der Waals surface area contributed by atoms with Crippen LogP contribution in [-0.2, 0) is 6.61 Å². The van der Waals surface area contributed by atoms with Gasteiger partial charge in [0, 0.05) is 0 Å². The molecule has 4 N–H and O–H groups in total. The van der Waals surface area contributed by atoms with Gasteiger partial charge >= 0.3 is 0 Å². The summed E-state index contributed by atoms with van der Waals surface area (Å²) in [5.41, 5.74) is 14.2. The van der Waals surface area contributed by atoms with E-state index in [1.807, 2.05) is 61.5 Å². The molecular weight excluding hydrogens is 332 g/mol. The van der Waals surface area contributed by atoms with Gasteiger partial charge in [-0.05, 0) is 52.6 Å². The Morgan fingerprint density at radius 2 is 1.77 bits per heavy atom. The molecular formula is C18H18N6O2. The van der Waals surface area contributed by atoms with Crippen molar-refractivity contribution in [2.75, 3.05) is 5.73 Å². The second-order valence-corrected chi connectivity index (χ2v) is 5.47. The third-order valence-corrected chi connectivity index (χ3v) is 3.58. The zero-order valence-electron chi connectivity index (χ0n) is 14.2.